The van der Waals surface area contributed by atoms with E-state index < -0.39 is 26.6 Å². The number of sulfonamides is 1. The van der Waals surface area contributed by atoms with Gasteiger partial charge in [0.05, 0.1) is 0 Å². The number of halogens is 1. The van der Waals surface area contributed by atoms with Gasteiger partial charge in [0, 0.05) is 37.3 Å². The van der Waals surface area contributed by atoms with Crippen molar-refractivity contribution in [3.63, 3.8) is 0 Å². The summed E-state index contributed by atoms with van der Waals surface area (Å²) in [6.07, 6.45) is 5.23. The summed E-state index contributed by atoms with van der Waals surface area (Å²) in [7, 11) is -4.39. The lowest BCUT2D eigenvalue weighted by atomic mass is 10.0. The number of anilines is 1. The Morgan fingerprint density at radius 1 is 0.971 bits per heavy atom. The van der Waals surface area contributed by atoms with Gasteiger partial charge in [0.2, 0.25) is 5.91 Å². The number of nitrogens with zero attached hydrogens (tertiary/aromatic N) is 2. The summed E-state index contributed by atoms with van der Waals surface area (Å²) in [5.41, 5.74) is 1.62. The van der Waals surface area contributed by atoms with Gasteiger partial charge in [-0.1, -0.05) is 31.4 Å². The lowest BCUT2D eigenvalue weighted by Crippen LogP contribution is -2.35. The molecular formula is C26H34FN3O4S. The van der Waals surface area contributed by atoms with Crippen LogP contribution >= 0.6 is 0 Å². The lowest BCUT2D eigenvalue weighted by Gasteiger charge is -2.31. The highest BCUT2D eigenvalue weighted by Crippen LogP contribution is 2.27. The normalized spacial score (nSPS) is 16.2. The summed E-state index contributed by atoms with van der Waals surface area (Å²) in [5.74, 6) is -1.87. The van der Waals surface area contributed by atoms with Crippen LogP contribution in [0, 0.1) is 5.82 Å². The Kier molecular flexibility index (Phi) is 9.02. The van der Waals surface area contributed by atoms with Gasteiger partial charge in [-0.3, -0.25) is 14.5 Å². The number of hydrogen-bond acceptors (Lipinski definition) is 5. The first kappa shape index (κ1) is 26.8. The van der Waals surface area contributed by atoms with Crippen LogP contribution < -0.4 is 9.62 Å². The summed E-state index contributed by atoms with van der Waals surface area (Å²) in [6.45, 7) is 7.71. The zero-order chi connectivity index (χ0) is 25.6. The van der Waals surface area contributed by atoms with Crippen LogP contribution in [-0.4, -0.2) is 44.3 Å². The molecule has 1 aliphatic heterocycles. The fraction of sp³-hybridized carbons (Fsp3) is 0.462. The van der Waals surface area contributed by atoms with Crippen LogP contribution in [0.1, 0.15) is 68.8 Å². The molecule has 2 aromatic carbocycles. The van der Waals surface area contributed by atoms with Crippen LogP contribution in [0.4, 0.5) is 10.1 Å². The van der Waals surface area contributed by atoms with Crippen molar-refractivity contribution in [2.75, 3.05) is 18.0 Å². The topological polar surface area (TPSA) is 86.8 Å². The highest BCUT2D eigenvalue weighted by Gasteiger charge is 2.24. The fourth-order valence-corrected chi connectivity index (χ4v) is 5.37. The lowest BCUT2D eigenvalue weighted by molar-refractivity contribution is -0.116. The second-order valence-corrected chi connectivity index (χ2v) is 10.9. The molecule has 0 spiro atoms. The standard InChI is InChI=1S/C26H34FN3O4S/c1-19(2)29-15-9-5-4-6-10-16-30(20(3)31)24-14-13-21(17-22(24)18-29)26(32)28-35(33,34)25-12-8-7-11-23(25)27/h7-8,11-14,17,19H,4-6,9-10,15-16,18H2,1-3H3,(H,28,32). The Morgan fingerprint density at radius 2 is 1.63 bits per heavy atom. The third-order valence-corrected chi connectivity index (χ3v) is 7.66. The molecule has 35 heavy (non-hydrogen) atoms. The van der Waals surface area contributed by atoms with Crippen molar-refractivity contribution in [3.05, 3.63) is 59.4 Å². The molecule has 9 heteroatoms. The molecule has 1 N–H and O–H groups in total. The van der Waals surface area contributed by atoms with Crippen LogP contribution in [0.2, 0.25) is 0 Å². The summed E-state index contributed by atoms with van der Waals surface area (Å²) in [6, 6.07) is 9.99. The molecular weight excluding hydrogens is 469 g/mol. The van der Waals surface area contributed by atoms with E-state index in [2.05, 4.69) is 18.7 Å². The first-order chi connectivity index (χ1) is 16.6. The summed E-state index contributed by atoms with van der Waals surface area (Å²) < 4.78 is 41.3. The molecule has 190 valence electrons. The van der Waals surface area contributed by atoms with Crippen LogP contribution in [0.3, 0.4) is 0 Å². The molecule has 0 radical (unpaired) electrons. The van der Waals surface area contributed by atoms with Gasteiger partial charge in [0.25, 0.3) is 15.9 Å². The van der Waals surface area contributed by atoms with Gasteiger partial charge in [-0.05, 0) is 69.1 Å². The maximum atomic E-state index is 14.0. The van der Waals surface area contributed by atoms with Crippen LogP contribution in [0.15, 0.2) is 47.4 Å². The van der Waals surface area contributed by atoms with E-state index in [0.29, 0.717) is 13.1 Å². The zero-order valence-corrected chi connectivity index (χ0v) is 21.4. The van der Waals surface area contributed by atoms with E-state index in [-0.39, 0.29) is 17.5 Å². The van der Waals surface area contributed by atoms with E-state index in [9.17, 15) is 22.4 Å². The van der Waals surface area contributed by atoms with Crippen LogP contribution in [0.5, 0.6) is 0 Å². The molecule has 3 rings (SSSR count). The van der Waals surface area contributed by atoms with Gasteiger partial charge >= 0.3 is 0 Å². The molecule has 2 aromatic rings. The number of nitrogens with one attached hydrogen (secondary N) is 1. The zero-order valence-electron chi connectivity index (χ0n) is 20.6. The average molecular weight is 504 g/mol. The quantitative estimate of drug-likeness (QED) is 0.665. The number of benzene rings is 2. The minimum atomic E-state index is -4.39. The maximum absolute atomic E-state index is 14.0. The molecule has 0 fully saturated rings. The first-order valence-electron chi connectivity index (χ1n) is 12.1. The number of hydrogen-bond donors (Lipinski definition) is 1. The number of rotatable bonds is 4. The number of fused-ring (bicyclic) bond motifs is 1. The Balaban J connectivity index is 1.98. The van der Waals surface area contributed by atoms with Gasteiger partial charge in [-0.15, -0.1) is 0 Å². The minimum Gasteiger partial charge on any atom is -0.312 e. The van der Waals surface area contributed by atoms with Gasteiger partial charge in [-0.2, -0.15) is 0 Å². The van der Waals surface area contributed by atoms with Crippen molar-refractivity contribution in [2.24, 2.45) is 0 Å². The third-order valence-electron chi connectivity index (χ3n) is 6.30. The molecule has 0 unspecified atom stereocenters. The average Bonchev–Trinajstić information content (AvgIpc) is 2.78. The van der Waals surface area contributed by atoms with Crippen molar-refractivity contribution in [1.82, 2.24) is 9.62 Å². The van der Waals surface area contributed by atoms with E-state index in [1.165, 1.54) is 25.1 Å². The molecule has 7 nitrogen and oxygen atoms in total. The Labute approximate surface area is 207 Å². The van der Waals surface area contributed by atoms with Gasteiger partial charge in [0.1, 0.15) is 10.7 Å². The van der Waals surface area contributed by atoms with E-state index in [4.69, 9.17) is 0 Å². The number of amides is 2. The van der Waals surface area contributed by atoms with E-state index >= 15 is 0 Å². The smallest absolute Gasteiger partial charge is 0.267 e. The molecule has 0 saturated heterocycles. The molecule has 0 atom stereocenters. The van der Waals surface area contributed by atoms with E-state index in [1.54, 1.807) is 17.0 Å². The number of carbonyl (C=O) groups is 2. The van der Waals surface area contributed by atoms with Crippen molar-refractivity contribution in [3.8, 4) is 0 Å². The second kappa shape index (κ2) is 11.8. The summed E-state index contributed by atoms with van der Waals surface area (Å²) in [4.78, 5) is 28.9. The monoisotopic (exact) mass is 503 g/mol. The SMILES string of the molecule is CC(=O)N1CCCCCCCN(C(C)C)Cc2cc(C(=O)NS(=O)(=O)c3ccccc3F)ccc21. The highest BCUT2D eigenvalue weighted by molar-refractivity contribution is 7.90. The summed E-state index contributed by atoms with van der Waals surface area (Å²) >= 11 is 0. The van der Waals surface area contributed by atoms with Gasteiger partial charge in [-0.25, -0.2) is 17.5 Å². The third kappa shape index (κ3) is 6.89. The number of carbonyl (C=O) groups excluding carboxylic acids is 2. The van der Waals surface area contributed by atoms with Crippen molar-refractivity contribution in [1.29, 1.82) is 0 Å². The maximum Gasteiger partial charge on any atom is 0.267 e. The predicted octanol–water partition coefficient (Wildman–Crippen LogP) is 4.47. The van der Waals surface area contributed by atoms with Gasteiger partial charge < -0.3 is 4.90 Å². The largest absolute Gasteiger partial charge is 0.312 e. The Morgan fingerprint density at radius 3 is 2.29 bits per heavy atom. The summed E-state index contributed by atoms with van der Waals surface area (Å²) in [5, 5.41) is 0. The first-order valence-corrected chi connectivity index (χ1v) is 13.5. The van der Waals surface area contributed by atoms with Crippen molar-refractivity contribution < 1.29 is 22.4 Å². The van der Waals surface area contributed by atoms with Crippen LogP contribution in [-0.2, 0) is 21.4 Å². The second-order valence-electron chi connectivity index (χ2n) is 9.21. The minimum absolute atomic E-state index is 0.0845. The molecule has 1 aliphatic rings. The molecule has 0 aromatic heterocycles. The highest BCUT2D eigenvalue weighted by atomic mass is 32.2. The van der Waals surface area contributed by atoms with Gasteiger partial charge in [0.15, 0.2) is 0 Å². The van der Waals surface area contributed by atoms with E-state index in [0.717, 1.165) is 62.0 Å². The Hall–Kier alpha value is -2.78. The van der Waals surface area contributed by atoms with E-state index in [1.807, 2.05) is 4.72 Å². The molecule has 0 saturated carbocycles. The fourth-order valence-electron chi connectivity index (χ4n) is 4.32. The Bertz CT molecular complexity index is 1170. The molecule has 2 amide bonds. The molecule has 0 aliphatic carbocycles. The predicted molar refractivity (Wildman–Crippen MR) is 134 cm³/mol. The van der Waals surface area contributed by atoms with Crippen molar-refractivity contribution in [2.45, 2.75) is 70.4 Å². The molecule has 0 bridgehead atoms. The van der Waals surface area contributed by atoms with Crippen molar-refractivity contribution >= 4 is 27.5 Å². The molecule has 1 heterocycles. The van der Waals surface area contributed by atoms with Crippen LogP contribution in [0.25, 0.3) is 0 Å².